The molecule has 1 amide bonds. The minimum absolute atomic E-state index is 0.0237. The highest BCUT2D eigenvalue weighted by Crippen LogP contribution is 2.21. The van der Waals surface area contributed by atoms with Gasteiger partial charge in [0.25, 0.3) is 5.91 Å². The molecule has 3 heterocycles. The lowest BCUT2D eigenvalue weighted by atomic mass is 10.1. The first-order valence-corrected chi connectivity index (χ1v) is 7.00. The number of aromatic nitrogens is 3. The lowest BCUT2D eigenvalue weighted by Gasteiger charge is -2.44. The molecular weight excluding hydrogens is 266 g/mol. The fourth-order valence-electron chi connectivity index (χ4n) is 2.44. The van der Waals surface area contributed by atoms with Gasteiger partial charge in [0.2, 0.25) is 0 Å². The molecule has 1 fully saturated rings. The summed E-state index contributed by atoms with van der Waals surface area (Å²) in [6, 6.07) is 7.90. The lowest BCUT2D eigenvalue weighted by molar-refractivity contribution is 0.0698. The Bertz CT molecular complexity index is 626. The molecule has 0 N–H and O–H groups in total. The number of aryl methyl sites for hydroxylation is 2. The predicted molar refractivity (Wildman–Crippen MR) is 80.3 cm³/mol. The molecule has 0 saturated carbocycles. The Morgan fingerprint density at radius 2 is 2.14 bits per heavy atom. The van der Waals surface area contributed by atoms with Crippen molar-refractivity contribution >= 4 is 11.7 Å². The van der Waals surface area contributed by atoms with Crippen LogP contribution in [0.15, 0.2) is 30.5 Å². The van der Waals surface area contributed by atoms with Crippen molar-refractivity contribution in [1.82, 2.24) is 19.7 Å². The SMILES string of the molecule is Cc1cc(C(=O)N(C)C2CN(c3ccccn3)C2)nn1C. The lowest BCUT2D eigenvalue weighted by Crippen LogP contribution is -2.60. The molecular formula is C15H19N5O. The number of carbonyl (C=O) groups excluding carboxylic acids is 1. The fourth-order valence-corrected chi connectivity index (χ4v) is 2.44. The molecule has 3 rings (SSSR count). The van der Waals surface area contributed by atoms with Gasteiger partial charge in [-0.15, -0.1) is 0 Å². The average molecular weight is 285 g/mol. The first-order valence-electron chi connectivity index (χ1n) is 7.00. The number of anilines is 1. The molecule has 6 nitrogen and oxygen atoms in total. The summed E-state index contributed by atoms with van der Waals surface area (Å²) in [4.78, 5) is 20.7. The fraction of sp³-hybridized carbons (Fsp3) is 0.400. The molecule has 2 aromatic heterocycles. The van der Waals surface area contributed by atoms with E-state index in [-0.39, 0.29) is 11.9 Å². The van der Waals surface area contributed by atoms with E-state index in [2.05, 4.69) is 15.0 Å². The first kappa shape index (κ1) is 13.6. The molecule has 6 heteroatoms. The number of carbonyl (C=O) groups is 1. The molecule has 0 radical (unpaired) electrons. The Hall–Kier alpha value is -2.37. The number of pyridine rings is 1. The van der Waals surface area contributed by atoms with Gasteiger partial charge >= 0.3 is 0 Å². The zero-order valence-corrected chi connectivity index (χ0v) is 12.5. The molecule has 0 unspecified atom stereocenters. The maximum absolute atomic E-state index is 12.4. The van der Waals surface area contributed by atoms with E-state index < -0.39 is 0 Å². The molecule has 0 spiro atoms. The van der Waals surface area contributed by atoms with Crippen LogP contribution >= 0.6 is 0 Å². The zero-order valence-electron chi connectivity index (χ0n) is 12.5. The number of amides is 1. The van der Waals surface area contributed by atoms with Crippen LogP contribution < -0.4 is 4.90 Å². The highest BCUT2D eigenvalue weighted by molar-refractivity contribution is 5.92. The van der Waals surface area contributed by atoms with Crippen molar-refractivity contribution in [2.24, 2.45) is 7.05 Å². The van der Waals surface area contributed by atoms with Crippen molar-refractivity contribution in [3.05, 3.63) is 41.9 Å². The van der Waals surface area contributed by atoms with Gasteiger partial charge in [0, 0.05) is 39.1 Å². The van der Waals surface area contributed by atoms with Crippen molar-refractivity contribution < 1.29 is 4.79 Å². The van der Waals surface area contributed by atoms with Gasteiger partial charge in [-0.25, -0.2) is 4.98 Å². The normalized spacial score (nSPS) is 14.9. The van der Waals surface area contributed by atoms with Crippen LogP contribution in [0.3, 0.4) is 0 Å². The van der Waals surface area contributed by atoms with Gasteiger partial charge < -0.3 is 9.80 Å². The monoisotopic (exact) mass is 285 g/mol. The molecule has 1 saturated heterocycles. The Balaban J connectivity index is 1.63. The minimum Gasteiger partial charge on any atom is -0.352 e. The summed E-state index contributed by atoms with van der Waals surface area (Å²) in [5.74, 6) is 0.938. The quantitative estimate of drug-likeness (QED) is 0.847. The van der Waals surface area contributed by atoms with Crippen LogP contribution in [-0.2, 0) is 7.05 Å². The van der Waals surface area contributed by atoms with Gasteiger partial charge in [-0.05, 0) is 25.1 Å². The van der Waals surface area contributed by atoms with Crippen LogP contribution in [0.1, 0.15) is 16.2 Å². The van der Waals surface area contributed by atoms with E-state index in [1.165, 1.54) is 0 Å². The molecule has 0 aliphatic carbocycles. The third-order valence-corrected chi connectivity index (χ3v) is 4.04. The smallest absolute Gasteiger partial charge is 0.274 e. The Morgan fingerprint density at radius 1 is 1.38 bits per heavy atom. The number of rotatable bonds is 3. The first-order chi connectivity index (χ1) is 10.1. The van der Waals surface area contributed by atoms with Gasteiger partial charge in [0.1, 0.15) is 5.82 Å². The Morgan fingerprint density at radius 3 is 2.71 bits per heavy atom. The summed E-state index contributed by atoms with van der Waals surface area (Å²) < 4.78 is 1.72. The molecule has 1 aliphatic rings. The number of hydrogen-bond acceptors (Lipinski definition) is 4. The van der Waals surface area contributed by atoms with Gasteiger partial charge in [0.15, 0.2) is 5.69 Å². The predicted octanol–water partition coefficient (Wildman–Crippen LogP) is 1.08. The van der Waals surface area contributed by atoms with E-state index in [4.69, 9.17) is 0 Å². The van der Waals surface area contributed by atoms with Crippen LogP contribution in [0.25, 0.3) is 0 Å². The zero-order chi connectivity index (χ0) is 15.0. The van der Waals surface area contributed by atoms with Crippen LogP contribution in [0.5, 0.6) is 0 Å². The summed E-state index contributed by atoms with van der Waals surface area (Å²) in [5.41, 5.74) is 1.49. The highest BCUT2D eigenvalue weighted by atomic mass is 16.2. The second kappa shape index (κ2) is 5.20. The molecule has 110 valence electrons. The van der Waals surface area contributed by atoms with E-state index in [0.29, 0.717) is 5.69 Å². The van der Waals surface area contributed by atoms with E-state index in [1.807, 2.05) is 45.3 Å². The van der Waals surface area contributed by atoms with Gasteiger partial charge in [0.05, 0.1) is 6.04 Å². The molecule has 0 aromatic carbocycles. The molecule has 1 aliphatic heterocycles. The maximum atomic E-state index is 12.4. The standard InChI is InChI=1S/C15H19N5O/c1-11-8-13(17-19(11)3)15(21)18(2)12-9-20(10-12)14-6-4-5-7-16-14/h4-8,12H,9-10H2,1-3H3. The summed E-state index contributed by atoms with van der Waals surface area (Å²) in [6.07, 6.45) is 1.79. The number of hydrogen-bond donors (Lipinski definition) is 0. The third kappa shape index (κ3) is 2.49. The van der Waals surface area contributed by atoms with Crippen molar-refractivity contribution in [2.45, 2.75) is 13.0 Å². The van der Waals surface area contributed by atoms with E-state index in [1.54, 1.807) is 15.8 Å². The Kier molecular flexibility index (Phi) is 3.37. The molecule has 0 atom stereocenters. The molecule has 2 aromatic rings. The minimum atomic E-state index is -0.0237. The molecule has 21 heavy (non-hydrogen) atoms. The van der Waals surface area contributed by atoms with Crippen LogP contribution in [0.2, 0.25) is 0 Å². The van der Waals surface area contributed by atoms with Crippen molar-refractivity contribution in [1.29, 1.82) is 0 Å². The van der Waals surface area contributed by atoms with E-state index >= 15 is 0 Å². The van der Waals surface area contributed by atoms with Gasteiger partial charge in [-0.2, -0.15) is 5.10 Å². The Labute approximate surface area is 124 Å². The summed E-state index contributed by atoms with van der Waals surface area (Å²) in [7, 11) is 3.69. The van der Waals surface area contributed by atoms with E-state index in [9.17, 15) is 4.79 Å². The topological polar surface area (TPSA) is 54.3 Å². The van der Waals surface area contributed by atoms with Crippen LogP contribution in [-0.4, -0.2) is 51.8 Å². The maximum Gasteiger partial charge on any atom is 0.274 e. The van der Waals surface area contributed by atoms with Crippen LogP contribution in [0, 0.1) is 6.92 Å². The summed E-state index contributed by atoms with van der Waals surface area (Å²) in [5, 5.41) is 4.25. The number of nitrogens with zero attached hydrogens (tertiary/aromatic N) is 5. The second-order valence-electron chi connectivity index (χ2n) is 5.46. The highest BCUT2D eigenvalue weighted by Gasteiger charge is 2.34. The summed E-state index contributed by atoms with van der Waals surface area (Å²) in [6.45, 7) is 3.56. The average Bonchev–Trinajstić information content (AvgIpc) is 2.77. The van der Waals surface area contributed by atoms with E-state index in [0.717, 1.165) is 24.6 Å². The van der Waals surface area contributed by atoms with Crippen molar-refractivity contribution in [3.8, 4) is 0 Å². The summed E-state index contributed by atoms with van der Waals surface area (Å²) >= 11 is 0. The van der Waals surface area contributed by atoms with Crippen LogP contribution in [0.4, 0.5) is 5.82 Å². The van der Waals surface area contributed by atoms with Gasteiger partial charge in [-0.1, -0.05) is 6.07 Å². The second-order valence-corrected chi connectivity index (χ2v) is 5.46. The van der Waals surface area contributed by atoms with Gasteiger partial charge in [-0.3, -0.25) is 9.48 Å². The van der Waals surface area contributed by atoms with Crippen molar-refractivity contribution in [3.63, 3.8) is 0 Å². The number of likely N-dealkylation sites (N-methyl/N-ethyl adjacent to an activating group) is 1. The third-order valence-electron chi connectivity index (χ3n) is 4.04. The molecule has 0 bridgehead atoms. The largest absolute Gasteiger partial charge is 0.352 e. The van der Waals surface area contributed by atoms with Crippen molar-refractivity contribution in [2.75, 3.05) is 25.0 Å².